The summed E-state index contributed by atoms with van der Waals surface area (Å²) in [5.74, 6) is 1.49. The van der Waals surface area contributed by atoms with Crippen molar-refractivity contribution < 1.29 is 25.2 Å². The van der Waals surface area contributed by atoms with Crippen molar-refractivity contribution in [2.75, 3.05) is 7.11 Å². The monoisotopic (exact) mass is 500 g/mol. The summed E-state index contributed by atoms with van der Waals surface area (Å²) in [4.78, 5) is 0. The number of rotatable bonds is 3. The van der Waals surface area contributed by atoms with E-state index in [4.69, 9.17) is 4.74 Å². The maximum absolute atomic E-state index is 10.2. The molecule has 4 rings (SSSR count). The summed E-state index contributed by atoms with van der Waals surface area (Å²) in [5, 5.41) is 40.8. The fourth-order valence-electron chi connectivity index (χ4n) is 4.57. The second-order valence-corrected chi connectivity index (χ2v) is 9.77. The van der Waals surface area contributed by atoms with Crippen molar-refractivity contribution in [1.29, 1.82) is 0 Å². The van der Waals surface area contributed by atoms with Gasteiger partial charge < -0.3 is 25.2 Å². The summed E-state index contributed by atoms with van der Waals surface area (Å²) >= 11 is 0. The lowest BCUT2D eigenvalue weighted by atomic mass is 9.95. The quantitative estimate of drug-likeness (QED) is 0.231. The third kappa shape index (κ3) is 5.83. The van der Waals surface area contributed by atoms with Gasteiger partial charge in [0, 0.05) is 22.3 Å². The number of methoxy groups -OCH3 is 1. The Labute approximate surface area is 219 Å². The molecule has 0 aromatic heterocycles. The number of aryl methyl sites for hydroxylation is 7. The minimum atomic E-state index is 0.168. The summed E-state index contributed by atoms with van der Waals surface area (Å²) < 4.78 is 5.22. The summed E-state index contributed by atoms with van der Waals surface area (Å²) in [6.45, 7) is 13.3. The first-order chi connectivity index (χ1) is 17.3. The summed E-state index contributed by atoms with van der Waals surface area (Å²) in [6, 6.07) is 14.9. The molecule has 5 heteroatoms. The van der Waals surface area contributed by atoms with Crippen LogP contribution >= 0.6 is 0 Å². The molecule has 0 radical (unpaired) electrons. The molecule has 5 nitrogen and oxygen atoms in total. The fourth-order valence-corrected chi connectivity index (χ4v) is 4.57. The van der Waals surface area contributed by atoms with Crippen molar-refractivity contribution in [2.45, 2.75) is 48.5 Å². The number of phenolic OH excluding ortho intramolecular Hbond substituents is 4. The molecule has 4 aromatic carbocycles. The predicted molar refractivity (Wildman–Crippen MR) is 150 cm³/mol. The Bertz CT molecular complexity index is 1410. The van der Waals surface area contributed by atoms with E-state index in [9.17, 15) is 20.4 Å². The highest BCUT2D eigenvalue weighted by atomic mass is 16.5. The SMILES string of the molecule is COc1cc(C)c(O)c(-c2cc(C)cc(C)c2O)c1.Cc1cc(C)c(O)c(-c2cc(C)cc(C)c2O)c1. The smallest absolute Gasteiger partial charge is 0.126 e. The van der Waals surface area contributed by atoms with Crippen LogP contribution in [0.4, 0.5) is 0 Å². The van der Waals surface area contributed by atoms with Crippen LogP contribution in [-0.4, -0.2) is 27.5 Å². The first kappa shape index (κ1) is 27.5. The zero-order valence-electron chi connectivity index (χ0n) is 22.8. The van der Waals surface area contributed by atoms with Crippen molar-refractivity contribution in [3.63, 3.8) is 0 Å². The van der Waals surface area contributed by atoms with Crippen LogP contribution < -0.4 is 4.74 Å². The van der Waals surface area contributed by atoms with Crippen LogP contribution in [0.5, 0.6) is 28.7 Å². The van der Waals surface area contributed by atoms with Crippen LogP contribution in [0.15, 0.2) is 48.5 Å². The molecule has 0 aliphatic rings. The molecule has 4 N–H and O–H groups in total. The lowest BCUT2D eigenvalue weighted by molar-refractivity contribution is 0.411. The number of ether oxygens (including phenoxy) is 1. The molecule has 0 saturated heterocycles. The van der Waals surface area contributed by atoms with Crippen LogP contribution in [0.2, 0.25) is 0 Å². The molecule has 4 aromatic rings. The second-order valence-electron chi connectivity index (χ2n) is 9.77. The standard InChI is InChI=1S/C16H18O3.C16H18O2/c1-9-5-10(2)15(17)13(6-9)14-8-12(19-4)7-11(3)16(14)18;1-9-5-11(3)15(17)13(7-9)14-8-10(2)6-12(4)16(14)18/h5-8,17-18H,1-4H3;5-8,17-18H,1-4H3. The van der Waals surface area contributed by atoms with E-state index in [2.05, 4.69) is 0 Å². The average Bonchev–Trinajstić information content (AvgIpc) is 2.83. The van der Waals surface area contributed by atoms with Gasteiger partial charge in [-0.1, -0.05) is 18.2 Å². The van der Waals surface area contributed by atoms with E-state index in [1.54, 1.807) is 26.2 Å². The van der Waals surface area contributed by atoms with E-state index in [0.717, 1.165) is 33.4 Å². The first-order valence-corrected chi connectivity index (χ1v) is 12.1. The number of benzene rings is 4. The zero-order chi connectivity index (χ0) is 27.6. The number of phenols is 4. The highest BCUT2D eigenvalue weighted by molar-refractivity contribution is 5.80. The fraction of sp³-hybridized carbons (Fsp3) is 0.250. The van der Waals surface area contributed by atoms with Crippen LogP contribution in [-0.2, 0) is 0 Å². The minimum Gasteiger partial charge on any atom is -0.507 e. The van der Waals surface area contributed by atoms with E-state index in [1.807, 2.05) is 77.9 Å². The van der Waals surface area contributed by atoms with Crippen LogP contribution in [0, 0.1) is 48.5 Å². The third-order valence-electron chi connectivity index (χ3n) is 6.42. The largest absolute Gasteiger partial charge is 0.507 e. The van der Waals surface area contributed by atoms with Crippen molar-refractivity contribution >= 4 is 0 Å². The highest BCUT2D eigenvalue weighted by Gasteiger charge is 2.16. The molecule has 0 aliphatic carbocycles. The Morgan fingerprint density at radius 3 is 0.973 bits per heavy atom. The normalized spacial score (nSPS) is 10.6. The van der Waals surface area contributed by atoms with Crippen molar-refractivity contribution in [1.82, 2.24) is 0 Å². The van der Waals surface area contributed by atoms with Crippen molar-refractivity contribution in [3.05, 3.63) is 87.5 Å². The van der Waals surface area contributed by atoms with E-state index < -0.39 is 0 Å². The molecule has 194 valence electrons. The van der Waals surface area contributed by atoms with E-state index in [1.165, 1.54) is 0 Å². The van der Waals surface area contributed by atoms with Crippen LogP contribution in [0.1, 0.15) is 38.9 Å². The minimum absolute atomic E-state index is 0.168. The maximum atomic E-state index is 10.2. The summed E-state index contributed by atoms with van der Waals surface area (Å²) in [5.41, 5.74) is 8.91. The molecule has 0 fully saturated rings. The maximum Gasteiger partial charge on any atom is 0.126 e. The molecule has 0 amide bonds. The summed E-state index contributed by atoms with van der Waals surface area (Å²) in [7, 11) is 1.58. The van der Waals surface area contributed by atoms with E-state index >= 15 is 0 Å². The Kier molecular flexibility index (Phi) is 8.07. The zero-order valence-corrected chi connectivity index (χ0v) is 22.8. The molecule has 0 bridgehead atoms. The number of hydrogen-bond acceptors (Lipinski definition) is 5. The van der Waals surface area contributed by atoms with Crippen LogP contribution in [0.3, 0.4) is 0 Å². The molecule has 0 atom stereocenters. The van der Waals surface area contributed by atoms with Crippen molar-refractivity contribution in [2.24, 2.45) is 0 Å². The Morgan fingerprint density at radius 2 is 0.676 bits per heavy atom. The van der Waals surface area contributed by atoms with Gasteiger partial charge >= 0.3 is 0 Å². The lowest BCUT2D eigenvalue weighted by Gasteiger charge is -2.14. The van der Waals surface area contributed by atoms with Gasteiger partial charge in [-0.15, -0.1) is 0 Å². The highest BCUT2D eigenvalue weighted by Crippen LogP contribution is 2.42. The van der Waals surface area contributed by atoms with E-state index in [0.29, 0.717) is 33.6 Å². The van der Waals surface area contributed by atoms with Gasteiger partial charge in [-0.05, 0) is 118 Å². The molecule has 0 heterocycles. The molecular formula is C32H36O5. The molecule has 0 spiro atoms. The molecule has 0 aliphatic heterocycles. The molecule has 0 unspecified atom stereocenters. The average molecular weight is 501 g/mol. The molecular weight excluding hydrogens is 464 g/mol. The van der Waals surface area contributed by atoms with Gasteiger partial charge in [0.25, 0.3) is 0 Å². The van der Waals surface area contributed by atoms with Gasteiger partial charge in [0.1, 0.15) is 28.7 Å². The summed E-state index contributed by atoms with van der Waals surface area (Å²) in [6.07, 6.45) is 0. The Morgan fingerprint density at radius 1 is 0.405 bits per heavy atom. The van der Waals surface area contributed by atoms with Gasteiger partial charge in [-0.3, -0.25) is 0 Å². The second kappa shape index (κ2) is 10.9. The van der Waals surface area contributed by atoms with Gasteiger partial charge in [0.05, 0.1) is 7.11 Å². The topological polar surface area (TPSA) is 90.2 Å². The number of aromatic hydroxyl groups is 4. The lowest BCUT2D eigenvalue weighted by Crippen LogP contribution is -1.90. The molecule has 37 heavy (non-hydrogen) atoms. The first-order valence-electron chi connectivity index (χ1n) is 12.1. The predicted octanol–water partition coefficient (Wildman–Crippen LogP) is 7.70. The van der Waals surface area contributed by atoms with Gasteiger partial charge in [0.15, 0.2) is 0 Å². The van der Waals surface area contributed by atoms with E-state index in [-0.39, 0.29) is 23.0 Å². The molecule has 0 saturated carbocycles. The number of hydrogen-bond donors (Lipinski definition) is 4. The van der Waals surface area contributed by atoms with Crippen molar-refractivity contribution in [3.8, 4) is 51.0 Å². The third-order valence-corrected chi connectivity index (χ3v) is 6.42. The van der Waals surface area contributed by atoms with Gasteiger partial charge in [-0.2, -0.15) is 0 Å². The van der Waals surface area contributed by atoms with Crippen LogP contribution in [0.25, 0.3) is 22.3 Å². The van der Waals surface area contributed by atoms with Gasteiger partial charge in [-0.25, -0.2) is 0 Å². The Balaban J connectivity index is 0.000000206. The Hall–Kier alpha value is -4.12. The van der Waals surface area contributed by atoms with Gasteiger partial charge in [0.2, 0.25) is 0 Å².